The summed E-state index contributed by atoms with van der Waals surface area (Å²) in [5, 5.41) is 21.1. The lowest BCUT2D eigenvalue weighted by Crippen LogP contribution is -2.57. The molecular formula is C34H60N6O8. The van der Waals surface area contributed by atoms with Gasteiger partial charge in [-0.2, -0.15) is 0 Å². The third-order valence-electron chi connectivity index (χ3n) is 8.36. The minimum absolute atomic E-state index is 0.0505. The number of amides is 5. The van der Waals surface area contributed by atoms with E-state index in [2.05, 4.69) is 21.3 Å². The highest BCUT2D eigenvalue weighted by Gasteiger charge is 2.41. The summed E-state index contributed by atoms with van der Waals surface area (Å²) in [6.45, 7) is 14.9. The highest BCUT2D eigenvalue weighted by atomic mass is 16.5. The van der Waals surface area contributed by atoms with Gasteiger partial charge in [-0.1, -0.05) is 54.0 Å². The van der Waals surface area contributed by atoms with Gasteiger partial charge in [-0.05, 0) is 58.5 Å². The first-order chi connectivity index (χ1) is 22.3. The van der Waals surface area contributed by atoms with E-state index in [0.29, 0.717) is 12.8 Å². The van der Waals surface area contributed by atoms with E-state index in [1.165, 1.54) is 31.1 Å². The molecule has 0 aromatic heterocycles. The maximum Gasteiger partial charge on any atom is 0.328 e. The monoisotopic (exact) mass is 680 g/mol. The van der Waals surface area contributed by atoms with Crippen LogP contribution in [-0.2, 0) is 33.5 Å². The van der Waals surface area contributed by atoms with E-state index in [1.807, 2.05) is 60.5 Å². The van der Waals surface area contributed by atoms with Crippen LogP contribution >= 0.6 is 0 Å². The molecule has 0 bridgehead atoms. The third kappa shape index (κ3) is 13.5. The first kappa shape index (κ1) is 42.5. The van der Waals surface area contributed by atoms with Crippen molar-refractivity contribution in [2.45, 2.75) is 123 Å². The number of likely N-dealkylation sites (N-methyl/N-ethyl adjacent to an activating group) is 1. The van der Waals surface area contributed by atoms with E-state index in [0.717, 1.165) is 6.42 Å². The highest BCUT2D eigenvalue weighted by Crippen LogP contribution is 2.20. The fraction of sp³-hybridized carbons (Fsp3) is 0.765. The van der Waals surface area contributed by atoms with Crippen LogP contribution < -0.4 is 21.3 Å². The zero-order valence-electron chi connectivity index (χ0n) is 30.7. The molecule has 1 heterocycles. The molecule has 0 spiro atoms. The Labute approximate surface area is 286 Å². The van der Waals surface area contributed by atoms with Crippen molar-refractivity contribution >= 4 is 35.5 Å². The van der Waals surface area contributed by atoms with Crippen LogP contribution in [0.3, 0.4) is 0 Å². The van der Waals surface area contributed by atoms with Gasteiger partial charge in [0.1, 0.15) is 24.2 Å². The topological polar surface area (TPSA) is 186 Å². The van der Waals surface area contributed by atoms with Crippen molar-refractivity contribution in [1.82, 2.24) is 31.1 Å². The lowest BCUT2D eigenvalue weighted by atomic mass is 9.96. The lowest BCUT2D eigenvalue weighted by Gasteiger charge is -2.31. The van der Waals surface area contributed by atoms with Crippen molar-refractivity contribution in [2.75, 3.05) is 27.7 Å². The summed E-state index contributed by atoms with van der Waals surface area (Å²) in [5.74, 6) is -2.68. The summed E-state index contributed by atoms with van der Waals surface area (Å²) < 4.78 is 4.73. The predicted octanol–water partition coefficient (Wildman–Crippen LogP) is 0.725. The first-order valence-electron chi connectivity index (χ1n) is 16.9. The number of methoxy groups -OCH3 is 1. The van der Waals surface area contributed by atoms with Gasteiger partial charge < -0.3 is 36.0 Å². The van der Waals surface area contributed by atoms with Crippen LogP contribution in [0.2, 0.25) is 0 Å². The van der Waals surface area contributed by atoms with Crippen molar-refractivity contribution < 1.29 is 38.6 Å². The number of hydrogen-bond donors (Lipinski definition) is 5. The van der Waals surface area contributed by atoms with E-state index in [-0.39, 0.29) is 36.6 Å². The molecule has 1 fully saturated rings. The molecule has 0 saturated carbocycles. The number of aliphatic hydroxyl groups excluding tert-OH is 1. The Morgan fingerprint density at radius 2 is 1.38 bits per heavy atom. The molecule has 0 aromatic carbocycles. The van der Waals surface area contributed by atoms with Gasteiger partial charge in [0, 0.05) is 25.1 Å². The molecule has 14 nitrogen and oxygen atoms in total. The normalized spacial score (nSPS) is 20.2. The fourth-order valence-electron chi connectivity index (χ4n) is 5.75. The van der Waals surface area contributed by atoms with Gasteiger partial charge in [-0.15, -0.1) is 0 Å². The van der Waals surface area contributed by atoms with E-state index in [9.17, 15) is 33.9 Å². The average molecular weight is 681 g/mol. The zero-order chi connectivity index (χ0) is 36.9. The van der Waals surface area contributed by atoms with Crippen molar-refractivity contribution in [2.24, 2.45) is 17.8 Å². The number of nitrogens with one attached hydrogen (secondary N) is 4. The molecule has 48 heavy (non-hydrogen) atoms. The van der Waals surface area contributed by atoms with Crippen LogP contribution in [0.1, 0.15) is 81.1 Å². The molecule has 14 heteroatoms. The van der Waals surface area contributed by atoms with Gasteiger partial charge in [0.05, 0.1) is 19.3 Å². The summed E-state index contributed by atoms with van der Waals surface area (Å²) in [6, 6.07) is -4.66. The Hall–Kier alpha value is -3.52. The largest absolute Gasteiger partial charge is 0.467 e. The number of nitrogens with zero attached hydrogens (tertiary/aromatic N) is 2. The second kappa shape index (κ2) is 20.1. The molecule has 0 aliphatic carbocycles. The zero-order valence-corrected chi connectivity index (χ0v) is 30.7. The number of likely N-dealkylation sites (tertiary alicyclic amines) is 1. The van der Waals surface area contributed by atoms with Gasteiger partial charge in [-0.3, -0.25) is 28.9 Å². The van der Waals surface area contributed by atoms with Gasteiger partial charge in [0.25, 0.3) is 0 Å². The van der Waals surface area contributed by atoms with Gasteiger partial charge in [0.2, 0.25) is 29.5 Å². The molecule has 0 aromatic rings. The number of ether oxygens (including phenoxy) is 1. The van der Waals surface area contributed by atoms with Gasteiger partial charge in [0.15, 0.2) is 0 Å². The number of rotatable bonds is 18. The molecule has 0 unspecified atom stereocenters. The maximum absolute atomic E-state index is 13.5. The van der Waals surface area contributed by atoms with Gasteiger partial charge >= 0.3 is 5.97 Å². The number of esters is 1. The van der Waals surface area contributed by atoms with E-state index in [4.69, 9.17) is 4.74 Å². The maximum atomic E-state index is 13.5. The Morgan fingerprint density at radius 3 is 1.85 bits per heavy atom. The summed E-state index contributed by atoms with van der Waals surface area (Å²) in [6.07, 6.45) is 3.35. The molecule has 1 saturated heterocycles. The van der Waals surface area contributed by atoms with Crippen LogP contribution in [0.5, 0.6) is 0 Å². The smallest absolute Gasteiger partial charge is 0.328 e. The predicted molar refractivity (Wildman–Crippen MR) is 182 cm³/mol. The summed E-state index contributed by atoms with van der Waals surface area (Å²) in [5.41, 5.74) is 0. The number of carbonyl (C=O) groups is 6. The number of carbonyl (C=O) groups excluding carboxylic acids is 6. The minimum atomic E-state index is -0.993. The number of β-amino-alcohol motifs (C(OH)–C–C–N with tert-alkyl or cyclic N) is 1. The molecule has 1 aliphatic rings. The SMILES string of the molecule is CC[C@H](C)[C@@H](C(=O)N[C@@H](CC(C)C)C(=O)N[C@@H](CC(C)C)C(=O)N[C@@H](C)/C=C/C(=O)N[C@@H](C)C(=O)N1C[C@@H](O)C[C@H]1C(=O)OC)N(C)C. The second-order valence-electron chi connectivity index (χ2n) is 14.0. The lowest BCUT2D eigenvalue weighted by molar-refractivity contribution is -0.151. The third-order valence-corrected chi connectivity index (χ3v) is 8.36. The molecule has 8 atom stereocenters. The second-order valence-corrected chi connectivity index (χ2v) is 14.0. The number of aliphatic hydroxyl groups is 1. The van der Waals surface area contributed by atoms with E-state index < -0.39 is 72.0 Å². The van der Waals surface area contributed by atoms with Crippen LogP contribution in [0, 0.1) is 17.8 Å². The molecule has 5 amide bonds. The Kier molecular flexibility index (Phi) is 17.8. The van der Waals surface area contributed by atoms with Crippen molar-refractivity contribution in [3.8, 4) is 0 Å². The molecule has 0 radical (unpaired) electrons. The van der Waals surface area contributed by atoms with Crippen LogP contribution in [0.4, 0.5) is 0 Å². The first-order valence-corrected chi connectivity index (χ1v) is 16.9. The van der Waals surface area contributed by atoms with E-state index >= 15 is 0 Å². The van der Waals surface area contributed by atoms with Crippen molar-refractivity contribution in [3.05, 3.63) is 12.2 Å². The summed E-state index contributed by atoms with van der Waals surface area (Å²) in [4.78, 5) is 80.8. The molecule has 5 N–H and O–H groups in total. The van der Waals surface area contributed by atoms with Crippen molar-refractivity contribution in [3.63, 3.8) is 0 Å². The molecule has 1 rings (SSSR count). The van der Waals surface area contributed by atoms with Crippen LogP contribution in [-0.4, -0.2) is 121 Å². The standard InChI is InChI=1S/C34H60N6O8/c1-12-21(6)29(39(9)10)32(45)38-26(16-20(4)5)31(44)37-25(15-19(2)3)30(43)35-22(7)13-14-28(42)36-23(8)33(46)40-18-24(41)17-27(40)34(47)48-11/h13-14,19-27,29,41H,12,15-18H2,1-11H3,(H,35,43)(H,36,42)(H,37,44)(H,38,45)/b14-13+/t21-,22-,23-,24-,25-,26-,27-,29-/m0/s1. The quantitative estimate of drug-likeness (QED) is 0.103. The fourth-order valence-corrected chi connectivity index (χ4v) is 5.75. The minimum Gasteiger partial charge on any atom is -0.467 e. The summed E-state index contributed by atoms with van der Waals surface area (Å²) in [7, 11) is 4.86. The van der Waals surface area contributed by atoms with Gasteiger partial charge in [-0.25, -0.2) is 4.79 Å². The Morgan fingerprint density at radius 1 is 0.854 bits per heavy atom. The molecule has 274 valence electrons. The Bertz CT molecular complexity index is 1140. The van der Waals surface area contributed by atoms with Crippen molar-refractivity contribution in [1.29, 1.82) is 0 Å². The number of hydrogen-bond acceptors (Lipinski definition) is 9. The van der Waals surface area contributed by atoms with E-state index in [1.54, 1.807) is 6.92 Å². The molecular weight excluding hydrogens is 620 g/mol. The Balaban J connectivity index is 2.92. The molecule has 1 aliphatic heterocycles. The van der Waals surface area contributed by atoms with Crippen LogP contribution in [0.15, 0.2) is 12.2 Å². The van der Waals surface area contributed by atoms with Crippen LogP contribution in [0.25, 0.3) is 0 Å². The average Bonchev–Trinajstić information content (AvgIpc) is 3.39. The highest BCUT2D eigenvalue weighted by molar-refractivity contribution is 5.95. The summed E-state index contributed by atoms with van der Waals surface area (Å²) >= 11 is 0.